The van der Waals surface area contributed by atoms with Crippen molar-refractivity contribution in [2.24, 2.45) is 0 Å². The number of aliphatic hydroxyl groups is 1. The van der Waals surface area contributed by atoms with Gasteiger partial charge in [0.15, 0.2) is 11.5 Å². The van der Waals surface area contributed by atoms with Crippen LogP contribution in [0.4, 0.5) is 4.39 Å². The smallest absolute Gasteiger partial charge is 0.251 e. The third-order valence-corrected chi connectivity index (χ3v) is 9.20. The van der Waals surface area contributed by atoms with Crippen LogP contribution in [0.1, 0.15) is 82.3 Å². The van der Waals surface area contributed by atoms with Crippen LogP contribution >= 0.6 is 0 Å². The second-order valence-corrected chi connectivity index (χ2v) is 13.2. The maximum absolute atomic E-state index is 13.9. The summed E-state index contributed by atoms with van der Waals surface area (Å²) in [5.74, 6) is 0.470. The molecule has 2 fully saturated rings. The molecule has 0 radical (unpaired) electrons. The molecular weight excluding hydrogens is 577 g/mol. The lowest BCUT2D eigenvalue weighted by Crippen LogP contribution is -2.52. The molecule has 2 amide bonds. The Morgan fingerprint density at radius 2 is 1.82 bits per heavy atom. The number of benzene rings is 2. The van der Waals surface area contributed by atoms with E-state index >= 15 is 0 Å². The molecule has 2 atom stereocenters. The molecule has 1 aliphatic heterocycles. The number of nitrogens with zero attached hydrogens (tertiary/aromatic N) is 1. The molecule has 3 aliphatic rings. The van der Waals surface area contributed by atoms with Crippen LogP contribution < -0.4 is 24.8 Å². The first kappa shape index (κ1) is 30.8. The zero-order valence-electron chi connectivity index (χ0n) is 26.2. The number of amides is 2. The van der Waals surface area contributed by atoms with Gasteiger partial charge in [-0.1, -0.05) is 12.8 Å². The Kier molecular flexibility index (Phi) is 7.97. The van der Waals surface area contributed by atoms with Gasteiger partial charge in [0.1, 0.15) is 34.9 Å². The lowest BCUT2D eigenvalue weighted by Gasteiger charge is -2.31. The van der Waals surface area contributed by atoms with Crippen molar-refractivity contribution in [1.29, 1.82) is 0 Å². The number of carbonyl (C=O) groups excluding carboxylic acids is 2. The standard InChI is InChI=1S/C35H40FN3O6.H2/c1-33(15-5-6-16-33)39-32(41)34(2)20-44-30-25(34)18-28(38-29(30)21-7-10-23(36)11-8-21)35(3,42)19-37-31(40)22-9-14-26(27(17-22)43-4)45-24-12-13-24;/h7-11,14,17-18,24,42H,5-6,12-13,15-16,19-20H2,1-4H3,(H,37,40)(H,39,41);1H/t34-,35-;/m0./s1. The third kappa shape index (κ3) is 6.20. The molecule has 3 N–H and O–H groups in total. The Balaban J connectivity index is 0.00000417. The molecule has 2 saturated carbocycles. The Bertz CT molecular complexity index is 1620. The number of fused-ring (bicyclic) bond motifs is 1. The van der Waals surface area contributed by atoms with Crippen LogP contribution in [0.2, 0.25) is 0 Å². The maximum atomic E-state index is 13.9. The average Bonchev–Trinajstić information content (AvgIpc) is 3.63. The second-order valence-electron chi connectivity index (χ2n) is 13.2. The quantitative estimate of drug-likeness (QED) is 0.277. The van der Waals surface area contributed by atoms with Crippen molar-refractivity contribution in [2.75, 3.05) is 20.3 Å². The minimum atomic E-state index is -1.64. The van der Waals surface area contributed by atoms with Gasteiger partial charge in [-0.25, -0.2) is 9.37 Å². The second kappa shape index (κ2) is 11.6. The number of rotatable bonds is 10. The summed E-state index contributed by atoms with van der Waals surface area (Å²) in [5, 5.41) is 17.8. The minimum absolute atomic E-state index is 0. The SMILES string of the molecule is COc1cc(C(=O)NC[C@](C)(O)c2cc3c(c(-c4ccc(F)cc4)n2)OC[C@]3(C)C(=O)NC2(C)CCCC2)ccc1OC1CC1.[HH]. The van der Waals surface area contributed by atoms with E-state index in [1.807, 2.05) is 6.92 Å². The summed E-state index contributed by atoms with van der Waals surface area (Å²) in [6, 6.07) is 12.5. The zero-order chi connectivity index (χ0) is 32.0. The van der Waals surface area contributed by atoms with Gasteiger partial charge in [-0.3, -0.25) is 9.59 Å². The molecule has 45 heavy (non-hydrogen) atoms. The van der Waals surface area contributed by atoms with Gasteiger partial charge >= 0.3 is 0 Å². The van der Waals surface area contributed by atoms with Crippen molar-refractivity contribution in [2.45, 2.75) is 82.0 Å². The van der Waals surface area contributed by atoms with Crippen LogP contribution in [-0.2, 0) is 15.8 Å². The van der Waals surface area contributed by atoms with Gasteiger partial charge in [-0.05, 0) is 95.0 Å². The lowest BCUT2D eigenvalue weighted by atomic mass is 9.81. The number of halogens is 1. The summed E-state index contributed by atoms with van der Waals surface area (Å²) in [7, 11) is 1.52. The van der Waals surface area contributed by atoms with E-state index in [2.05, 4.69) is 17.6 Å². The molecule has 6 rings (SSSR count). The average molecular weight is 620 g/mol. The Morgan fingerprint density at radius 1 is 1.11 bits per heavy atom. The first-order chi connectivity index (χ1) is 21.4. The largest absolute Gasteiger partial charge is 0.493 e. The van der Waals surface area contributed by atoms with Crippen LogP contribution in [0, 0.1) is 5.82 Å². The number of carbonyl (C=O) groups is 2. The van der Waals surface area contributed by atoms with Crippen LogP contribution in [0.5, 0.6) is 17.2 Å². The van der Waals surface area contributed by atoms with Crippen molar-refractivity contribution in [3.63, 3.8) is 0 Å². The first-order valence-electron chi connectivity index (χ1n) is 15.5. The highest BCUT2D eigenvalue weighted by molar-refractivity contribution is 5.95. The molecule has 2 heterocycles. The fraction of sp³-hybridized carbons (Fsp3) is 0.457. The van der Waals surface area contributed by atoms with E-state index in [0.717, 1.165) is 38.5 Å². The predicted molar refractivity (Wildman–Crippen MR) is 168 cm³/mol. The summed E-state index contributed by atoms with van der Waals surface area (Å²) in [6.45, 7) is 5.36. The van der Waals surface area contributed by atoms with E-state index in [-0.39, 0.29) is 37.8 Å². The predicted octanol–water partition coefficient (Wildman–Crippen LogP) is 5.42. The van der Waals surface area contributed by atoms with Crippen LogP contribution in [-0.4, -0.2) is 53.8 Å². The van der Waals surface area contributed by atoms with Crippen molar-refractivity contribution in [3.8, 4) is 28.5 Å². The molecule has 0 bridgehead atoms. The molecule has 2 aliphatic carbocycles. The summed E-state index contributed by atoms with van der Waals surface area (Å²) < 4.78 is 31.3. The van der Waals surface area contributed by atoms with E-state index in [1.54, 1.807) is 43.3 Å². The molecule has 10 heteroatoms. The Hall–Kier alpha value is -4.18. The minimum Gasteiger partial charge on any atom is -0.493 e. The van der Waals surface area contributed by atoms with Gasteiger partial charge in [0.25, 0.3) is 5.91 Å². The number of hydrogen-bond acceptors (Lipinski definition) is 7. The summed E-state index contributed by atoms with van der Waals surface area (Å²) in [5.41, 5.74) is -0.881. The van der Waals surface area contributed by atoms with Gasteiger partial charge in [-0.2, -0.15) is 0 Å². The number of nitrogens with one attached hydrogen (secondary N) is 2. The molecular formula is C35H42FN3O6. The lowest BCUT2D eigenvalue weighted by molar-refractivity contribution is -0.128. The third-order valence-electron chi connectivity index (χ3n) is 9.20. The van der Waals surface area contributed by atoms with E-state index < -0.39 is 22.7 Å². The van der Waals surface area contributed by atoms with Crippen molar-refractivity contribution < 1.29 is 34.7 Å². The zero-order valence-corrected chi connectivity index (χ0v) is 26.2. The number of ether oxygens (including phenoxy) is 3. The van der Waals surface area contributed by atoms with Gasteiger partial charge in [0.2, 0.25) is 5.91 Å². The van der Waals surface area contributed by atoms with Crippen molar-refractivity contribution in [3.05, 3.63) is 71.2 Å². The molecule has 3 aromatic rings. The highest BCUT2D eigenvalue weighted by Gasteiger charge is 2.48. The van der Waals surface area contributed by atoms with Gasteiger partial charge in [-0.15, -0.1) is 0 Å². The number of methoxy groups -OCH3 is 1. The number of hydrogen-bond donors (Lipinski definition) is 3. The summed E-state index contributed by atoms with van der Waals surface area (Å²) >= 11 is 0. The highest BCUT2D eigenvalue weighted by atomic mass is 19.1. The normalized spacial score (nSPS) is 21.3. The molecule has 1 aromatic heterocycles. The van der Waals surface area contributed by atoms with E-state index in [4.69, 9.17) is 19.2 Å². The molecule has 240 valence electrons. The van der Waals surface area contributed by atoms with E-state index in [0.29, 0.717) is 39.6 Å². The summed E-state index contributed by atoms with van der Waals surface area (Å²) in [4.78, 5) is 31.8. The fourth-order valence-electron chi connectivity index (χ4n) is 6.06. The molecule has 0 spiro atoms. The van der Waals surface area contributed by atoms with Gasteiger partial charge < -0.3 is 30.0 Å². The van der Waals surface area contributed by atoms with E-state index in [1.165, 1.54) is 19.2 Å². The maximum Gasteiger partial charge on any atom is 0.251 e. The van der Waals surface area contributed by atoms with Crippen LogP contribution in [0.15, 0.2) is 48.5 Å². The topological polar surface area (TPSA) is 119 Å². The van der Waals surface area contributed by atoms with Gasteiger partial charge in [0, 0.05) is 23.7 Å². The van der Waals surface area contributed by atoms with Crippen LogP contribution in [0.25, 0.3) is 11.3 Å². The highest BCUT2D eigenvalue weighted by Crippen LogP contribution is 2.46. The molecule has 0 unspecified atom stereocenters. The van der Waals surface area contributed by atoms with Crippen molar-refractivity contribution in [1.82, 2.24) is 15.6 Å². The monoisotopic (exact) mass is 619 g/mol. The fourth-order valence-corrected chi connectivity index (χ4v) is 6.06. The van der Waals surface area contributed by atoms with Crippen molar-refractivity contribution >= 4 is 11.8 Å². The Labute approximate surface area is 264 Å². The molecule has 9 nitrogen and oxygen atoms in total. The summed E-state index contributed by atoms with van der Waals surface area (Å²) in [6.07, 6.45) is 6.09. The molecule has 2 aromatic carbocycles. The van der Waals surface area contributed by atoms with E-state index in [9.17, 15) is 19.1 Å². The number of aromatic nitrogens is 1. The molecule has 0 saturated heterocycles. The Morgan fingerprint density at radius 3 is 2.49 bits per heavy atom. The first-order valence-corrected chi connectivity index (χ1v) is 15.5. The van der Waals surface area contributed by atoms with Gasteiger partial charge in [0.05, 0.1) is 25.5 Å². The number of pyridine rings is 1. The van der Waals surface area contributed by atoms with Crippen LogP contribution in [0.3, 0.4) is 0 Å².